The molecule has 6 heterocycles. The lowest BCUT2D eigenvalue weighted by atomic mass is 10.1. The van der Waals surface area contributed by atoms with Crippen molar-refractivity contribution in [2.75, 3.05) is 44.5 Å². The fourth-order valence-electron chi connectivity index (χ4n) is 5.60. The van der Waals surface area contributed by atoms with Crippen molar-refractivity contribution >= 4 is 69.9 Å². The number of aromatic amines is 1. The van der Waals surface area contributed by atoms with E-state index in [1.807, 2.05) is 0 Å². The van der Waals surface area contributed by atoms with Gasteiger partial charge in [0.1, 0.15) is 48.4 Å². The van der Waals surface area contributed by atoms with Gasteiger partial charge in [0.25, 0.3) is 5.56 Å². The van der Waals surface area contributed by atoms with Gasteiger partial charge < -0.3 is 48.6 Å². The number of hydrogen-bond acceptors (Lipinski definition) is 18. The highest BCUT2D eigenvalue weighted by molar-refractivity contribution is 8.07. The Hall–Kier alpha value is -3.59. The van der Waals surface area contributed by atoms with Crippen molar-refractivity contribution in [3.63, 3.8) is 0 Å². The molecule has 20 nitrogen and oxygen atoms in total. The van der Waals surface area contributed by atoms with Crippen molar-refractivity contribution in [2.45, 2.75) is 63.1 Å². The Morgan fingerprint density at radius 1 is 1.27 bits per heavy atom. The SMILES string of the molecule is [C-]#[N+]CCOP(=S)(OC[C@H]1O[C@@H](n2cnc3c(=O)[nH]c(NC(=O)C(C)C)nc32)[C@H](O)[C@@H]1OC)O[C@H]1C[C@H](c2snc3c(N)ncnc23)O[C@@H]1CO. The quantitative estimate of drug-likeness (QED) is 0.0683. The molecule has 23 heteroatoms. The zero-order chi connectivity index (χ0) is 36.4. The fraction of sp³-hybridized carbons (Fsp3) is 0.571. The monoisotopic (exact) mass is 766 g/mol. The average Bonchev–Trinajstić information content (AvgIpc) is 3.88. The van der Waals surface area contributed by atoms with Crippen LogP contribution in [0.25, 0.3) is 27.0 Å². The molecule has 0 aromatic carbocycles. The van der Waals surface area contributed by atoms with Crippen LogP contribution in [0.3, 0.4) is 0 Å². The normalized spacial score (nSPS) is 26.2. The topological polar surface area (TPSA) is 258 Å². The van der Waals surface area contributed by atoms with Gasteiger partial charge in [-0.3, -0.25) is 24.5 Å². The number of amides is 1. The molecule has 0 saturated carbocycles. The summed E-state index contributed by atoms with van der Waals surface area (Å²) in [5.41, 5.74) is 6.31. The molecule has 4 aromatic heterocycles. The lowest BCUT2D eigenvalue weighted by molar-refractivity contribution is -0.118. The highest BCUT2D eigenvalue weighted by Gasteiger charge is 2.48. The second-order valence-electron chi connectivity index (χ2n) is 11.8. The van der Waals surface area contributed by atoms with Crippen LogP contribution in [-0.2, 0) is 44.4 Å². The van der Waals surface area contributed by atoms with Gasteiger partial charge in [-0.05, 0) is 23.3 Å². The summed E-state index contributed by atoms with van der Waals surface area (Å²) in [7, 11) is 1.38. The van der Waals surface area contributed by atoms with Crippen LogP contribution in [0.15, 0.2) is 17.4 Å². The van der Waals surface area contributed by atoms with E-state index in [-0.39, 0.29) is 60.9 Å². The summed E-state index contributed by atoms with van der Waals surface area (Å²) >= 11 is 6.93. The minimum atomic E-state index is -3.66. The number of rotatable bonds is 14. The molecule has 8 atom stereocenters. The number of ether oxygens (including phenoxy) is 3. The van der Waals surface area contributed by atoms with E-state index in [1.54, 1.807) is 13.8 Å². The number of nitrogens with two attached hydrogens (primary N) is 1. The molecule has 2 saturated heterocycles. The highest BCUT2D eigenvalue weighted by atomic mass is 32.5. The third-order valence-corrected chi connectivity index (χ3v) is 11.5. The van der Waals surface area contributed by atoms with Crippen molar-refractivity contribution < 1.29 is 42.8 Å². The van der Waals surface area contributed by atoms with Gasteiger partial charge in [-0.25, -0.2) is 21.5 Å². The predicted molar refractivity (Wildman–Crippen MR) is 184 cm³/mol. The van der Waals surface area contributed by atoms with E-state index < -0.39 is 61.7 Å². The lowest BCUT2D eigenvalue weighted by Crippen LogP contribution is -2.36. The predicted octanol–water partition coefficient (Wildman–Crippen LogP) is 1.05. The number of nitrogens with zero attached hydrogens (tertiary/aromatic N) is 7. The number of anilines is 2. The Labute approximate surface area is 298 Å². The van der Waals surface area contributed by atoms with Gasteiger partial charge in [-0.2, -0.15) is 9.36 Å². The Bertz CT molecular complexity index is 2040. The summed E-state index contributed by atoms with van der Waals surface area (Å²) in [6.45, 7) is 6.07. The molecule has 6 N–H and O–H groups in total. The molecule has 2 fully saturated rings. The van der Waals surface area contributed by atoms with Crippen LogP contribution in [0.4, 0.5) is 11.8 Å². The number of methoxy groups -OCH3 is 1. The largest absolute Gasteiger partial charge is 0.394 e. The van der Waals surface area contributed by atoms with E-state index in [0.717, 1.165) is 11.5 Å². The number of carbonyl (C=O) groups excluding carboxylic acids is 1. The van der Waals surface area contributed by atoms with Gasteiger partial charge in [-0.15, -0.1) is 0 Å². The molecule has 2 aliphatic rings. The summed E-state index contributed by atoms with van der Waals surface area (Å²) in [5.74, 6) is -0.613. The minimum Gasteiger partial charge on any atom is -0.394 e. The van der Waals surface area contributed by atoms with Gasteiger partial charge >= 0.3 is 6.72 Å². The minimum absolute atomic E-state index is 0.0207. The number of aliphatic hydroxyl groups is 2. The van der Waals surface area contributed by atoms with E-state index in [9.17, 15) is 19.8 Å². The van der Waals surface area contributed by atoms with E-state index in [1.165, 1.54) is 24.3 Å². The van der Waals surface area contributed by atoms with E-state index in [2.05, 4.69) is 39.5 Å². The van der Waals surface area contributed by atoms with Crippen LogP contribution in [0.2, 0.25) is 0 Å². The first kappa shape index (κ1) is 37.2. The van der Waals surface area contributed by atoms with E-state index in [0.29, 0.717) is 15.9 Å². The Morgan fingerprint density at radius 2 is 2.08 bits per heavy atom. The first-order valence-electron chi connectivity index (χ1n) is 15.6. The zero-order valence-electron chi connectivity index (χ0n) is 27.4. The first-order valence-corrected chi connectivity index (χ1v) is 19.0. The molecule has 0 aliphatic carbocycles. The van der Waals surface area contributed by atoms with Gasteiger partial charge in [0.05, 0.1) is 36.6 Å². The van der Waals surface area contributed by atoms with E-state index in [4.69, 9.17) is 51.9 Å². The van der Waals surface area contributed by atoms with Crippen molar-refractivity contribution in [3.05, 3.63) is 39.3 Å². The standard InChI is InChI=1S/C28H35N10O10PS2/c1-12(2)25(41)35-28-34-24-19(26(42)36-28)33-11-38(24)27-20(40)21(43-4)16(47-27)9-45-49(50,44-6-5-30-3)48-13-7-14(46-15(13)8-39)22-17-18(37-51-22)23(29)32-10-31-17/h10-16,20-21,27,39-40H,5-9H2,1-2,4H3,(H2,29,31,32)(H2,34,35,36,41,42)/t13-,14+,15+,16+,20+,21+,27+,49?/m0/s1. The second kappa shape index (κ2) is 15.6. The third-order valence-electron chi connectivity index (χ3n) is 8.16. The number of fused-ring (bicyclic) bond motifs is 2. The molecule has 0 spiro atoms. The number of nitrogens with one attached hydrogen (secondary N) is 2. The Morgan fingerprint density at radius 3 is 2.80 bits per heavy atom. The number of H-pyrrole nitrogens is 1. The maximum Gasteiger partial charge on any atom is 0.327 e. The van der Waals surface area contributed by atoms with Gasteiger partial charge in [0.15, 0.2) is 23.2 Å². The molecular formula is C28H35N10O10PS2. The molecule has 2 aliphatic heterocycles. The number of carbonyl (C=O) groups is 1. The first-order chi connectivity index (χ1) is 24.5. The summed E-state index contributed by atoms with van der Waals surface area (Å²) < 4.78 is 41.8. The van der Waals surface area contributed by atoms with Crippen LogP contribution in [0, 0.1) is 12.5 Å². The summed E-state index contributed by atoms with van der Waals surface area (Å²) in [6.07, 6.45) is -3.67. The fourth-order valence-corrected chi connectivity index (χ4v) is 8.60. The molecule has 0 bridgehead atoms. The van der Waals surface area contributed by atoms with Crippen molar-refractivity contribution in [1.82, 2.24) is 33.9 Å². The highest BCUT2D eigenvalue weighted by Crippen LogP contribution is 2.55. The maximum atomic E-state index is 12.7. The van der Waals surface area contributed by atoms with Crippen molar-refractivity contribution in [3.8, 4) is 0 Å². The average molecular weight is 767 g/mol. The molecule has 1 amide bonds. The molecule has 0 radical (unpaired) electrons. The van der Waals surface area contributed by atoms with Crippen LogP contribution < -0.4 is 16.6 Å². The third kappa shape index (κ3) is 7.65. The smallest absolute Gasteiger partial charge is 0.327 e. The number of aliphatic hydroxyl groups excluding tert-OH is 2. The van der Waals surface area contributed by atoms with Crippen LogP contribution in [-0.4, -0.2) is 114 Å². The summed E-state index contributed by atoms with van der Waals surface area (Å²) in [4.78, 5) is 48.2. The van der Waals surface area contributed by atoms with Gasteiger partial charge in [0, 0.05) is 19.4 Å². The van der Waals surface area contributed by atoms with E-state index >= 15 is 0 Å². The Kier molecular flexibility index (Phi) is 11.3. The van der Waals surface area contributed by atoms with Crippen LogP contribution in [0.5, 0.6) is 0 Å². The van der Waals surface area contributed by atoms with Crippen molar-refractivity contribution in [1.29, 1.82) is 0 Å². The molecule has 274 valence electrons. The second-order valence-corrected chi connectivity index (χ2v) is 15.6. The number of hydrogen-bond donors (Lipinski definition) is 5. The zero-order valence-corrected chi connectivity index (χ0v) is 30.0. The summed E-state index contributed by atoms with van der Waals surface area (Å²) in [6, 6.07) is 0. The van der Waals surface area contributed by atoms with Gasteiger partial charge in [-0.1, -0.05) is 13.8 Å². The van der Waals surface area contributed by atoms with Gasteiger partial charge in [0.2, 0.25) is 18.4 Å². The summed E-state index contributed by atoms with van der Waals surface area (Å²) in [5, 5.41) is 24.0. The Balaban J connectivity index is 1.20. The molecular weight excluding hydrogens is 731 g/mol. The molecule has 4 aromatic rings. The number of aromatic nitrogens is 7. The molecule has 51 heavy (non-hydrogen) atoms. The number of imidazole rings is 1. The molecule has 6 rings (SSSR count). The van der Waals surface area contributed by atoms with Crippen LogP contribution >= 0.6 is 18.3 Å². The lowest BCUT2D eigenvalue weighted by Gasteiger charge is -2.28. The number of nitrogen functional groups attached to an aromatic ring is 1. The van der Waals surface area contributed by atoms with Crippen molar-refractivity contribution in [2.24, 2.45) is 5.92 Å². The maximum absolute atomic E-state index is 12.7. The molecule has 1 unspecified atom stereocenters. The van der Waals surface area contributed by atoms with Crippen LogP contribution in [0.1, 0.15) is 37.5 Å².